The molecule has 1 amide bonds. The van der Waals surface area contributed by atoms with Crippen LogP contribution in [0, 0.1) is 27.7 Å². The Morgan fingerprint density at radius 1 is 1.06 bits per heavy atom. The van der Waals surface area contributed by atoms with Gasteiger partial charge < -0.3 is 18.5 Å². The highest BCUT2D eigenvalue weighted by Crippen LogP contribution is 2.35. The zero-order valence-electron chi connectivity index (χ0n) is 18.1. The van der Waals surface area contributed by atoms with Crippen LogP contribution in [0.25, 0.3) is 11.0 Å². The molecule has 31 heavy (non-hydrogen) atoms. The van der Waals surface area contributed by atoms with Crippen molar-refractivity contribution in [2.24, 2.45) is 0 Å². The number of ether oxygens (including phenoxy) is 1. The van der Waals surface area contributed by atoms with Crippen molar-refractivity contribution in [2.75, 3.05) is 26.3 Å². The number of carbonyl (C=O) groups is 1. The monoisotopic (exact) mass is 446 g/mol. The van der Waals surface area contributed by atoms with E-state index in [0.29, 0.717) is 54.3 Å². The van der Waals surface area contributed by atoms with Crippen molar-refractivity contribution >= 4 is 26.9 Å². The van der Waals surface area contributed by atoms with Crippen LogP contribution in [0.5, 0.6) is 0 Å². The number of sulfonamides is 1. The molecule has 0 spiro atoms. The molecule has 0 radical (unpaired) electrons. The molecule has 1 aliphatic rings. The first-order chi connectivity index (χ1) is 14.7. The summed E-state index contributed by atoms with van der Waals surface area (Å²) in [7, 11) is -3.93. The van der Waals surface area contributed by atoms with Gasteiger partial charge in [0.15, 0.2) is 11.3 Å². The van der Waals surface area contributed by atoms with Crippen molar-refractivity contribution in [2.45, 2.75) is 39.1 Å². The summed E-state index contributed by atoms with van der Waals surface area (Å²) in [5.74, 6) is 1.13. The summed E-state index contributed by atoms with van der Waals surface area (Å²) in [4.78, 5) is 14.8. The number of benzene rings is 1. The number of amides is 1. The molecule has 2 aromatic heterocycles. The molecule has 0 bridgehead atoms. The van der Waals surface area contributed by atoms with Crippen molar-refractivity contribution in [3.05, 3.63) is 52.2 Å². The number of rotatable bonds is 5. The van der Waals surface area contributed by atoms with Crippen molar-refractivity contribution < 1.29 is 26.8 Å². The molecule has 3 aromatic rings. The maximum Gasteiger partial charge on any atom is 0.290 e. The molecule has 1 aliphatic heterocycles. The van der Waals surface area contributed by atoms with Gasteiger partial charge in [-0.2, -0.15) is 0 Å². The molecule has 1 saturated heterocycles. The Morgan fingerprint density at radius 3 is 2.42 bits per heavy atom. The van der Waals surface area contributed by atoms with Crippen molar-refractivity contribution in [3.63, 3.8) is 0 Å². The zero-order chi connectivity index (χ0) is 22.3. The summed E-state index contributed by atoms with van der Waals surface area (Å²) in [5, 5.41) is 0.619. The number of nitrogens with zero attached hydrogens (tertiary/aromatic N) is 1. The van der Waals surface area contributed by atoms with Crippen molar-refractivity contribution in [3.8, 4) is 0 Å². The van der Waals surface area contributed by atoms with Gasteiger partial charge in [0.05, 0.1) is 19.8 Å². The van der Waals surface area contributed by atoms with E-state index < -0.39 is 10.0 Å². The molecule has 1 aromatic carbocycles. The van der Waals surface area contributed by atoms with Crippen LogP contribution in [0.1, 0.15) is 38.8 Å². The first kappa shape index (κ1) is 21.6. The Morgan fingerprint density at radius 2 is 1.77 bits per heavy atom. The molecule has 0 atom stereocenters. The lowest BCUT2D eigenvalue weighted by Crippen LogP contribution is -2.40. The molecule has 3 heterocycles. The quantitative estimate of drug-likeness (QED) is 0.646. The van der Waals surface area contributed by atoms with Gasteiger partial charge in [-0.3, -0.25) is 4.79 Å². The average molecular weight is 447 g/mol. The van der Waals surface area contributed by atoms with Gasteiger partial charge in [-0.15, -0.1) is 0 Å². The normalized spacial score (nSPS) is 15.0. The summed E-state index contributed by atoms with van der Waals surface area (Å²) in [6.45, 7) is 9.07. The van der Waals surface area contributed by atoms with E-state index in [1.54, 1.807) is 37.8 Å². The van der Waals surface area contributed by atoms with Gasteiger partial charge in [-0.25, -0.2) is 13.1 Å². The standard InChI is InChI=1S/C22H26N2O6S/c1-13-11-18-16(4)19(22(25)24-7-9-28-10-8-24)30-20(18)21(15(13)3)31(26,27)23-12-17-6-5-14(2)29-17/h5-6,11,23H,7-10,12H2,1-4H3. The Bertz CT molecular complexity index is 1250. The van der Waals surface area contributed by atoms with Crippen LogP contribution in [0.15, 0.2) is 31.9 Å². The molecule has 0 unspecified atom stereocenters. The Labute approximate surface area is 181 Å². The maximum atomic E-state index is 13.3. The number of furan rings is 2. The number of carbonyl (C=O) groups excluding carboxylic acids is 1. The van der Waals surface area contributed by atoms with Crippen molar-refractivity contribution in [1.29, 1.82) is 0 Å². The lowest BCUT2D eigenvalue weighted by molar-refractivity contribution is 0.0283. The molecular formula is C22H26N2O6S. The van der Waals surface area contributed by atoms with Crippen LogP contribution in [-0.2, 0) is 21.3 Å². The molecule has 166 valence electrons. The molecule has 1 fully saturated rings. The lowest BCUT2D eigenvalue weighted by Gasteiger charge is -2.26. The third-order valence-electron chi connectivity index (χ3n) is 5.69. The fourth-order valence-electron chi connectivity index (χ4n) is 3.80. The van der Waals surface area contributed by atoms with E-state index in [-0.39, 0.29) is 28.7 Å². The van der Waals surface area contributed by atoms with Crippen LogP contribution < -0.4 is 4.72 Å². The lowest BCUT2D eigenvalue weighted by atomic mass is 10.0. The molecule has 4 rings (SSSR count). The molecule has 1 N–H and O–H groups in total. The minimum absolute atomic E-state index is 0.0182. The molecule has 9 heteroatoms. The highest BCUT2D eigenvalue weighted by molar-refractivity contribution is 7.89. The number of nitrogens with one attached hydrogen (secondary N) is 1. The fourth-order valence-corrected chi connectivity index (χ4v) is 5.24. The Kier molecular flexibility index (Phi) is 5.67. The minimum Gasteiger partial charge on any atom is -0.465 e. The van der Waals surface area contributed by atoms with Gasteiger partial charge in [0.2, 0.25) is 10.0 Å². The molecule has 0 aliphatic carbocycles. The Hall–Kier alpha value is -2.62. The smallest absolute Gasteiger partial charge is 0.290 e. The predicted molar refractivity (Wildman–Crippen MR) is 115 cm³/mol. The van der Waals surface area contributed by atoms with E-state index in [1.165, 1.54) is 0 Å². The van der Waals surface area contributed by atoms with Crippen molar-refractivity contribution in [1.82, 2.24) is 9.62 Å². The highest BCUT2D eigenvalue weighted by Gasteiger charge is 2.30. The van der Waals surface area contributed by atoms with E-state index in [1.807, 2.05) is 13.0 Å². The van der Waals surface area contributed by atoms with Gasteiger partial charge in [0, 0.05) is 24.0 Å². The van der Waals surface area contributed by atoms with Gasteiger partial charge in [0.1, 0.15) is 16.4 Å². The maximum absolute atomic E-state index is 13.3. The fraction of sp³-hybridized carbons (Fsp3) is 0.409. The number of hydrogen-bond acceptors (Lipinski definition) is 6. The number of fused-ring (bicyclic) bond motifs is 1. The van der Waals surface area contributed by atoms with Crippen LogP contribution in [0.3, 0.4) is 0 Å². The minimum atomic E-state index is -3.93. The van der Waals surface area contributed by atoms with E-state index >= 15 is 0 Å². The highest BCUT2D eigenvalue weighted by atomic mass is 32.2. The SMILES string of the molecule is Cc1ccc(CNS(=O)(=O)c2c(C)c(C)cc3c(C)c(C(=O)N4CCOCC4)oc23)o1. The van der Waals surface area contributed by atoms with Gasteiger partial charge >= 0.3 is 0 Å². The van der Waals surface area contributed by atoms with Crippen LogP contribution in [0.2, 0.25) is 0 Å². The first-order valence-corrected chi connectivity index (χ1v) is 11.6. The van der Waals surface area contributed by atoms with E-state index in [2.05, 4.69) is 4.72 Å². The average Bonchev–Trinajstić information content (AvgIpc) is 3.30. The van der Waals surface area contributed by atoms with Gasteiger partial charge in [-0.1, -0.05) is 0 Å². The summed E-state index contributed by atoms with van der Waals surface area (Å²) < 4.78 is 45.9. The second-order valence-electron chi connectivity index (χ2n) is 7.82. The topological polar surface area (TPSA) is 102 Å². The number of morpholine rings is 1. The second kappa shape index (κ2) is 8.14. The van der Waals surface area contributed by atoms with Crippen LogP contribution in [-0.4, -0.2) is 45.5 Å². The van der Waals surface area contributed by atoms with E-state index in [0.717, 1.165) is 5.56 Å². The van der Waals surface area contributed by atoms with Crippen LogP contribution in [0.4, 0.5) is 0 Å². The molecule has 0 saturated carbocycles. The summed E-state index contributed by atoms with van der Waals surface area (Å²) >= 11 is 0. The predicted octanol–water partition coefficient (Wildman–Crippen LogP) is 3.21. The zero-order valence-corrected chi connectivity index (χ0v) is 18.9. The van der Waals surface area contributed by atoms with Gasteiger partial charge in [0.25, 0.3) is 5.91 Å². The van der Waals surface area contributed by atoms with E-state index in [9.17, 15) is 13.2 Å². The third kappa shape index (κ3) is 4.00. The van der Waals surface area contributed by atoms with Gasteiger partial charge in [-0.05, 0) is 57.0 Å². The van der Waals surface area contributed by atoms with E-state index in [4.69, 9.17) is 13.6 Å². The molecular weight excluding hydrogens is 420 g/mol. The number of hydrogen-bond donors (Lipinski definition) is 1. The van der Waals surface area contributed by atoms with Crippen LogP contribution >= 0.6 is 0 Å². The summed E-state index contributed by atoms with van der Waals surface area (Å²) in [6.07, 6.45) is 0. The third-order valence-corrected chi connectivity index (χ3v) is 7.24. The summed E-state index contributed by atoms with van der Waals surface area (Å²) in [5.41, 5.74) is 2.21. The Balaban J connectivity index is 1.77. The molecule has 8 nitrogen and oxygen atoms in total. The second-order valence-corrected chi connectivity index (χ2v) is 9.53. The first-order valence-electron chi connectivity index (χ1n) is 10.1. The summed E-state index contributed by atoms with van der Waals surface area (Å²) in [6, 6.07) is 5.38. The number of aryl methyl sites for hydroxylation is 3. The largest absolute Gasteiger partial charge is 0.465 e.